The van der Waals surface area contributed by atoms with Crippen LogP contribution in [0, 0.1) is 12.0 Å². The minimum atomic E-state index is -1.87. The first-order valence-corrected chi connectivity index (χ1v) is 9.35. The summed E-state index contributed by atoms with van der Waals surface area (Å²) >= 11 is -1.87. The highest BCUT2D eigenvalue weighted by atomic mass is 32.2. The van der Waals surface area contributed by atoms with E-state index in [-0.39, 0.29) is 17.6 Å². The quantitative estimate of drug-likeness (QED) is 0.744. The van der Waals surface area contributed by atoms with Crippen molar-refractivity contribution in [2.45, 2.75) is 71.0 Å². The maximum Gasteiger partial charge on any atom is 0.369 e. The molecule has 0 N–H and O–H groups in total. The van der Waals surface area contributed by atoms with Crippen molar-refractivity contribution in [2.24, 2.45) is 0 Å². The number of ether oxygens (including phenoxy) is 1. The van der Waals surface area contributed by atoms with Gasteiger partial charge >= 0.3 is 11.4 Å². The monoisotopic (exact) mass is 350 g/mol. The lowest BCUT2D eigenvalue weighted by Gasteiger charge is -2.30. The third-order valence-corrected chi connectivity index (χ3v) is 4.69. The molecule has 0 heterocycles. The standard InChI is InChI=1S/C19H26O4S/c1-5-14-21-24(20)23-18-9-7-6-8-17(18)22-16-12-10-15(11-13-16)19(2,3)4/h10-13,17-18H,6-9H2,1-4H3. The van der Waals surface area contributed by atoms with Gasteiger partial charge in [0.15, 0.2) is 0 Å². The number of rotatable bonds is 5. The second-order valence-electron chi connectivity index (χ2n) is 6.99. The average molecular weight is 350 g/mol. The van der Waals surface area contributed by atoms with Gasteiger partial charge in [-0.25, -0.2) is 0 Å². The van der Waals surface area contributed by atoms with Crippen molar-refractivity contribution in [2.75, 3.05) is 0 Å². The fourth-order valence-corrected chi connectivity index (χ4v) is 3.32. The summed E-state index contributed by atoms with van der Waals surface area (Å²) in [6, 6.07) is 8.16. The molecule has 0 radical (unpaired) electrons. The summed E-state index contributed by atoms with van der Waals surface area (Å²) in [5, 5.41) is 0. The van der Waals surface area contributed by atoms with E-state index in [1.54, 1.807) is 6.92 Å². The van der Waals surface area contributed by atoms with Crippen LogP contribution in [0.5, 0.6) is 5.75 Å². The van der Waals surface area contributed by atoms with Crippen molar-refractivity contribution < 1.29 is 17.3 Å². The molecule has 0 aliphatic heterocycles. The lowest BCUT2D eigenvalue weighted by atomic mass is 9.87. The summed E-state index contributed by atoms with van der Waals surface area (Å²) in [5.41, 5.74) is 1.38. The van der Waals surface area contributed by atoms with Crippen LogP contribution in [0.15, 0.2) is 24.3 Å². The van der Waals surface area contributed by atoms with Crippen molar-refractivity contribution >= 4 is 11.4 Å². The Bertz CT molecular complexity index is 607. The molecule has 0 amide bonds. The molecule has 1 saturated carbocycles. The fraction of sp³-hybridized carbons (Fsp3) is 0.579. The molecule has 24 heavy (non-hydrogen) atoms. The van der Waals surface area contributed by atoms with E-state index < -0.39 is 11.4 Å². The van der Waals surface area contributed by atoms with Crippen LogP contribution in [0.1, 0.15) is 58.9 Å². The molecule has 1 aromatic rings. The third-order valence-electron chi connectivity index (χ3n) is 4.06. The van der Waals surface area contributed by atoms with Gasteiger partial charge in [0.25, 0.3) is 0 Å². The van der Waals surface area contributed by atoms with E-state index in [1.807, 2.05) is 12.1 Å². The average Bonchev–Trinajstić information content (AvgIpc) is 2.54. The molecule has 4 nitrogen and oxygen atoms in total. The molecule has 132 valence electrons. The van der Waals surface area contributed by atoms with Gasteiger partial charge in [-0.3, -0.25) is 4.18 Å². The zero-order chi connectivity index (χ0) is 17.6. The largest absolute Gasteiger partial charge is 0.488 e. The lowest BCUT2D eigenvalue weighted by Crippen LogP contribution is -2.37. The van der Waals surface area contributed by atoms with Gasteiger partial charge in [-0.1, -0.05) is 45.2 Å². The van der Waals surface area contributed by atoms with Crippen LogP contribution < -0.4 is 4.74 Å². The predicted octanol–water partition coefficient (Wildman–Crippen LogP) is 4.27. The van der Waals surface area contributed by atoms with E-state index in [1.165, 1.54) is 5.56 Å². The molecule has 0 saturated heterocycles. The van der Waals surface area contributed by atoms with E-state index in [0.717, 1.165) is 31.4 Å². The second kappa shape index (κ2) is 8.55. The zero-order valence-electron chi connectivity index (χ0n) is 14.8. The van der Waals surface area contributed by atoms with Crippen molar-refractivity contribution in [1.29, 1.82) is 0 Å². The highest BCUT2D eigenvalue weighted by Crippen LogP contribution is 2.29. The second-order valence-corrected chi connectivity index (χ2v) is 7.76. The summed E-state index contributed by atoms with van der Waals surface area (Å²) in [5.74, 6) is 3.34. The van der Waals surface area contributed by atoms with Crippen LogP contribution in [0.4, 0.5) is 0 Å². The van der Waals surface area contributed by atoms with Gasteiger partial charge in [0, 0.05) is 6.92 Å². The Morgan fingerprint density at radius 2 is 1.71 bits per heavy atom. The molecule has 3 unspecified atom stereocenters. The Morgan fingerprint density at radius 3 is 2.29 bits per heavy atom. The number of hydrogen-bond acceptors (Lipinski definition) is 4. The Hall–Kier alpha value is -1.51. The van der Waals surface area contributed by atoms with Gasteiger partial charge in [0.1, 0.15) is 24.1 Å². The molecule has 1 fully saturated rings. The van der Waals surface area contributed by atoms with Crippen LogP contribution in [-0.2, 0) is 25.1 Å². The van der Waals surface area contributed by atoms with E-state index in [4.69, 9.17) is 13.1 Å². The van der Waals surface area contributed by atoms with E-state index in [2.05, 4.69) is 44.9 Å². The minimum absolute atomic E-state index is 0.115. The van der Waals surface area contributed by atoms with Crippen molar-refractivity contribution in [3.63, 3.8) is 0 Å². The molecule has 0 spiro atoms. The van der Waals surface area contributed by atoms with Crippen molar-refractivity contribution in [3.05, 3.63) is 29.8 Å². The molecule has 1 aliphatic carbocycles. The van der Waals surface area contributed by atoms with Crippen LogP contribution in [0.3, 0.4) is 0 Å². The van der Waals surface area contributed by atoms with E-state index >= 15 is 0 Å². The summed E-state index contributed by atoms with van der Waals surface area (Å²) in [4.78, 5) is 0. The van der Waals surface area contributed by atoms with Crippen LogP contribution in [0.25, 0.3) is 0 Å². The Labute approximate surface area is 147 Å². The molecule has 2 rings (SSSR count). The third kappa shape index (κ3) is 5.54. The maximum absolute atomic E-state index is 11.7. The molecular formula is C19H26O4S. The van der Waals surface area contributed by atoms with Gasteiger partial charge in [-0.2, -0.15) is 4.21 Å². The minimum Gasteiger partial charge on any atom is -0.488 e. The first-order chi connectivity index (χ1) is 11.4. The van der Waals surface area contributed by atoms with Crippen LogP contribution in [-0.4, -0.2) is 16.4 Å². The van der Waals surface area contributed by atoms with Gasteiger partial charge in [0.05, 0.1) is 0 Å². The smallest absolute Gasteiger partial charge is 0.369 e. The van der Waals surface area contributed by atoms with Gasteiger partial charge in [-0.05, 0) is 42.4 Å². The molecule has 1 aliphatic rings. The highest BCUT2D eigenvalue weighted by molar-refractivity contribution is 7.75. The molecule has 5 heteroatoms. The summed E-state index contributed by atoms with van der Waals surface area (Å²) < 4.78 is 28.1. The van der Waals surface area contributed by atoms with Gasteiger partial charge in [-0.15, -0.1) is 0 Å². The summed E-state index contributed by atoms with van der Waals surface area (Å²) in [6.45, 7) is 8.16. The molecule has 3 atom stereocenters. The SMILES string of the molecule is CC#COS(=O)OC1CCCCC1Oc1ccc(C(C)(C)C)cc1. The highest BCUT2D eigenvalue weighted by Gasteiger charge is 2.30. The lowest BCUT2D eigenvalue weighted by molar-refractivity contribution is 0.0260. The van der Waals surface area contributed by atoms with Crippen molar-refractivity contribution in [3.8, 4) is 17.8 Å². The Kier molecular flexibility index (Phi) is 6.70. The van der Waals surface area contributed by atoms with E-state index in [0.29, 0.717) is 0 Å². The van der Waals surface area contributed by atoms with Gasteiger partial charge < -0.3 is 8.92 Å². The Morgan fingerprint density at radius 1 is 1.08 bits per heavy atom. The van der Waals surface area contributed by atoms with Crippen LogP contribution >= 0.6 is 0 Å². The first kappa shape index (κ1) is 18.8. The molecule has 0 aromatic heterocycles. The summed E-state index contributed by atoms with van der Waals surface area (Å²) in [6.07, 6.45) is 5.72. The Balaban J connectivity index is 1.99. The molecule has 1 aromatic carbocycles. The zero-order valence-corrected chi connectivity index (χ0v) is 15.7. The fourth-order valence-electron chi connectivity index (χ4n) is 2.71. The van der Waals surface area contributed by atoms with Crippen molar-refractivity contribution in [1.82, 2.24) is 0 Å². The predicted molar refractivity (Wildman–Crippen MR) is 95.6 cm³/mol. The van der Waals surface area contributed by atoms with Gasteiger partial charge in [0.2, 0.25) is 0 Å². The topological polar surface area (TPSA) is 44.8 Å². The first-order valence-electron chi connectivity index (χ1n) is 8.35. The summed E-state index contributed by atoms with van der Waals surface area (Å²) in [7, 11) is 0. The maximum atomic E-state index is 11.7. The van der Waals surface area contributed by atoms with E-state index in [9.17, 15) is 4.21 Å². The normalized spacial score (nSPS) is 22.2. The number of benzene rings is 1. The molecular weight excluding hydrogens is 324 g/mol. The number of hydrogen-bond donors (Lipinski definition) is 0. The van der Waals surface area contributed by atoms with Crippen LogP contribution in [0.2, 0.25) is 0 Å². The molecule has 0 bridgehead atoms.